The van der Waals surface area contributed by atoms with Crippen LogP contribution in [0.2, 0.25) is 0 Å². The molecule has 0 bridgehead atoms. The Morgan fingerprint density at radius 2 is 1.68 bits per heavy atom. The van der Waals surface area contributed by atoms with E-state index in [1.165, 1.54) is 19.3 Å². The molecule has 7 heteroatoms. The molecule has 0 aliphatic rings. The minimum absolute atomic E-state index is 0.144. The van der Waals surface area contributed by atoms with Gasteiger partial charge in [-0.1, -0.05) is 39.0 Å². The van der Waals surface area contributed by atoms with Crippen molar-refractivity contribution in [1.82, 2.24) is 16.0 Å². The van der Waals surface area contributed by atoms with Gasteiger partial charge in [0.25, 0.3) is 0 Å². The molecule has 0 radical (unpaired) electrons. The summed E-state index contributed by atoms with van der Waals surface area (Å²) in [5, 5.41) is 27.4. The Morgan fingerprint density at radius 1 is 1.00 bits per heavy atom. The van der Waals surface area contributed by atoms with Crippen LogP contribution in [0.25, 0.3) is 0 Å². The van der Waals surface area contributed by atoms with Gasteiger partial charge in [0.15, 0.2) is 0 Å². The van der Waals surface area contributed by atoms with Gasteiger partial charge < -0.3 is 26.2 Å². The van der Waals surface area contributed by atoms with Crippen LogP contribution in [-0.4, -0.2) is 60.4 Å². The number of nitrogens with one attached hydrogen (secondary N) is 3. The van der Waals surface area contributed by atoms with E-state index in [9.17, 15) is 19.8 Å². The maximum Gasteiger partial charge on any atom is 0.242 e. The molecule has 0 rings (SSSR count). The van der Waals surface area contributed by atoms with Gasteiger partial charge in [-0.2, -0.15) is 0 Å². The van der Waals surface area contributed by atoms with Gasteiger partial charge in [0.1, 0.15) is 6.04 Å². The minimum Gasteiger partial charge on any atom is -0.394 e. The van der Waals surface area contributed by atoms with Crippen LogP contribution in [0.15, 0.2) is 0 Å². The highest BCUT2D eigenvalue weighted by molar-refractivity contribution is 5.88. The van der Waals surface area contributed by atoms with Gasteiger partial charge >= 0.3 is 0 Å². The third-order valence-corrected chi connectivity index (χ3v) is 4.16. The molecule has 25 heavy (non-hydrogen) atoms. The Hall–Kier alpha value is -1.18. The molecule has 0 aromatic carbocycles. The summed E-state index contributed by atoms with van der Waals surface area (Å²) in [5.41, 5.74) is 0. The van der Waals surface area contributed by atoms with Crippen molar-refractivity contribution in [3.8, 4) is 0 Å². The van der Waals surface area contributed by atoms with Crippen LogP contribution in [-0.2, 0) is 9.59 Å². The fourth-order valence-electron chi connectivity index (χ4n) is 2.58. The Morgan fingerprint density at radius 3 is 2.28 bits per heavy atom. The van der Waals surface area contributed by atoms with E-state index in [0.717, 1.165) is 19.3 Å². The first-order valence-corrected chi connectivity index (χ1v) is 9.47. The van der Waals surface area contributed by atoms with Gasteiger partial charge in [-0.15, -0.1) is 0 Å². The van der Waals surface area contributed by atoms with Crippen molar-refractivity contribution < 1.29 is 19.8 Å². The molecular weight excluding hydrogens is 322 g/mol. The van der Waals surface area contributed by atoms with Crippen molar-refractivity contribution in [1.29, 1.82) is 0 Å². The largest absolute Gasteiger partial charge is 0.394 e. The van der Waals surface area contributed by atoms with Crippen LogP contribution in [0.1, 0.15) is 65.2 Å². The standard InChI is InChI=1S/C18H37N3O4/c1-4-5-6-7-8-9-16(23)11-10-15(13-22)21-18(25)14(2)20-17(24)12-19-3/h14-16,19,22-23H,4-13H2,1-3H3,(H,20,24)(H,21,25). The van der Waals surface area contributed by atoms with E-state index in [1.807, 2.05) is 0 Å². The molecule has 0 aliphatic heterocycles. The average Bonchev–Trinajstić information content (AvgIpc) is 2.58. The zero-order valence-electron chi connectivity index (χ0n) is 16.0. The summed E-state index contributed by atoms with van der Waals surface area (Å²) in [5.74, 6) is -0.596. The second-order valence-corrected chi connectivity index (χ2v) is 6.64. The maximum atomic E-state index is 12.0. The monoisotopic (exact) mass is 359 g/mol. The Labute approximate surface area is 152 Å². The molecule has 0 aromatic heterocycles. The number of aliphatic hydroxyl groups is 2. The molecule has 0 aromatic rings. The molecule has 3 unspecified atom stereocenters. The molecule has 148 valence electrons. The lowest BCUT2D eigenvalue weighted by Gasteiger charge is -2.21. The van der Waals surface area contributed by atoms with Crippen molar-refractivity contribution in [2.24, 2.45) is 0 Å². The highest BCUT2D eigenvalue weighted by Gasteiger charge is 2.19. The molecule has 0 saturated carbocycles. The number of carbonyl (C=O) groups excluding carboxylic acids is 2. The molecule has 2 amide bonds. The highest BCUT2D eigenvalue weighted by atomic mass is 16.3. The van der Waals surface area contributed by atoms with E-state index >= 15 is 0 Å². The van der Waals surface area contributed by atoms with E-state index in [-0.39, 0.29) is 25.0 Å². The lowest BCUT2D eigenvalue weighted by atomic mass is 10.0. The summed E-state index contributed by atoms with van der Waals surface area (Å²) in [4.78, 5) is 23.5. The minimum atomic E-state index is -0.668. The molecule has 0 aliphatic carbocycles. The summed E-state index contributed by atoms with van der Waals surface area (Å²) < 4.78 is 0. The quantitative estimate of drug-likeness (QED) is 0.276. The van der Waals surface area contributed by atoms with E-state index < -0.39 is 18.2 Å². The van der Waals surface area contributed by atoms with Gasteiger partial charge in [0.2, 0.25) is 11.8 Å². The van der Waals surface area contributed by atoms with E-state index in [0.29, 0.717) is 12.8 Å². The van der Waals surface area contributed by atoms with Crippen molar-refractivity contribution in [2.75, 3.05) is 20.2 Å². The van der Waals surface area contributed by atoms with Crippen LogP contribution in [0, 0.1) is 0 Å². The van der Waals surface area contributed by atoms with Crippen LogP contribution >= 0.6 is 0 Å². The van der Waals surface area contributed by atoms with Gasteiger partial charge in [-0.25, -0.2) is 0 Å². The van der Waals surface area contributed by atoms with Crippen LogP contribution < -0.4 is 16.0 Å². The Balaban J connectivity index is 4.03. The molecule has 7 nitrogen and oxygen atoms in total. The van der Waals surface area contributed by atoms with Gasteiger partial charge in [0.05, 0.1) is 25.3 Å². The fourth-order valence-corrected chi connectivity index (χ4v) is 2.58. The second-order valence-electron chi connectivity index (χ2n) is 6.64. The predicted molar refractivity (Wildman–Crippen MR) is 99.2 cm³/mol. The third-order valence-electron chi connectivity index (χ3n) is 4.16. The summed E-state index contributed by atoms with van der Waals surface area (Å²) in [7, 11) is 1.65. The lowest BCUT2D eigenvalue weighted by molar-refractivity contribution is -0.128. The lowest BCUT2D eigenvalue weighted by Crippen LogP contribution is -2.50. The molecule has 0 heterocycles. The van der Waals surface area contributed by atoms with Crippen LogP contribution in [0.3, 0.4) is 0 Å². The number of carbonyl (C=O) groups is 2. The first-order chi connectivity index (χ1) is 11.9. The van der Waals surface area contributed by atoms with E-state index in [1.54, 1.807) is 14.0 Å². The SMILES string of the molecule is CCCCCCCC(O)CCC(CO)NC(=O)C(C)NC(=O)CNC. The number of amides is 2. The number of hydrogen-bond acceptors (Lipinski definition) is 5. The summed E-state index contributed by atoms with van der Waals surface area (Å²) in [6, 6.07) is -1.08. The van der Waals surface area contributed by atoms with Gasteiger partial charge in [0, 0.05) is 0 Å². The topological polar surface area (TPSA) is 111 Å². The Kier molecular flexibility index (Phi) is 14.4. The number of likely N-dealkylation sites (N-methyl/N-ethyl adjacent to an activating group) is 1. The van der Waals surface area contributed by atoms with Crippen LogP contribution in [0.5, 0.6) is 0 Å². The van der Waals surface area contributed by atoms with E-state index in [2.05, 4.69) is 22.9 Å². The third kappa shape index (κ3) is 12.8. The van der Waals surface area contributed by atoms with Gasteiger partial charge in [-0.05, 0) is 33.2 Å². The number of rotatable bonds is 15. The summed E-state index contributed by atoms with van der Waals surface area (Å²) >= 11 is 0. The molecule has 0 spiro atoms. The second kappa shape index (κ2) is 15.1. The van der Waals surface area contributed by atoms with Crippen LogP contribution in [0.4, 0.5) is 0 Å². The van der Waals surface area contributed by atoms with Gasteiger partial charge in [-0.3, -0.25) is 9.59 Å². The Bertz CT molecular complexity index is 366. The normalized spacial score (nSPS) is 14.6. The fraction of sp³-hybridized carbons (Fsp3) is 0.889. The first-order valence-electron chi connectivity index (χ1n) is 9.47. The van der Waals surface area contributed by atoms with Crippen molar-refractivity contribution in [3.05, 3.63) is 0 Å². The van der Waals surface area contributed by atoms with Crippen molar-refractivity contribution >= 4 is 11.8 Å². The molecule has 3 atom stereocenters. The zero-order valence-corrected chi connectivity index (χ0v) is 16.0. The number of aliphatic hydroxyl groups excluding tert-OH is 2. The molecular formula is C18H37N3O4. The smallest absolute Gasteiger partial charge is 0.242 e. The molecule has 5 N–H and O–H groups in total. The van der Waals surface area contributed by atoms with Crippen molar-refractivity contribution in [2.45, 2.75) is 83.4 Å². The maximum absolute atomic E-state index is 12.0. The zero-order chi connectivity index (χ0) is 19.1. The average molecular weight is 360 g/mol. The summed E-state index contributed by atoms with van der Waals surface area (Å²) in [6.45, 7) is 3.73. The number of unbranched alkanes of at least 4 members (excludes halogenated alkanes) is 4. The molecule has 0 fully saturated rings. The first kappa shape index (κ1) is 23.8. The molecule has 0 saturated heterocycles. The van der Waals surface area contributed by atoms with Crippen molar-refractivity contribution in [3.63, 3.8) is 0 Å². The highest BCUT2D eigenvalue weighted by Crippen LogP contribution is 2.11. The van der Waals surface area contributed by atoms with E-state index in [4.69, 9.17) is 0 Å². The summed E-state index contributed by atoms with van der Waals surface area (Å²) in [6.07, 6.45) is 7.18. The number of hydrogen-bond donors (Lipinski definition) is 5. The predicted octanol–water partition coefficient (Wildman–Crippen LogP) is 0.689.